The molecule has 291 valence electrons. The van der Waals surface area contributed by atoms with E-state index >= 15 is 0 Å². The van der Waals surface area contributed by atoms with E-state index in [0.29, 0.717) is 5.75 Å². The van der Waals surface area contributed by atoms with Crippen molar-refractivity contribution in [3.8, 4) is 0 Å². The molecule has 2 aromatic heterocycles. The third-order valence-electron chi connectivity index (χ3n) is 6.81. The summed E-state index contributed by atoms with van der Waals surface area (Å²) < 4.78 is 61.8. The van der Waals surface area contributed by atoms with Gasteiger partial charge in [-0.05, 0) is 0 Å². The topological polar surface area (TPSA) is 364 Å². The van der Waals surface area contributed by atoms with E-state index in [1.54, 1.807) is 0 Å². The summed E-state index contributed by atoms with van der Waals surface area (Å²) in [5, 5.41) is 26.1. The minimum Gasteiger partial charge on any atom is -0.386 e. The molecule has 0 aliphatic carbocycles. The molecule has 1 aliphatic rings. The van der Waals surface area contributed by atoms with Crippen LogP contribution in [0.15, 0.2) is 12.7 Å². The van der Waals surface area contributed by atoms with Crippen LogP contribution in [0.2, 0.25) is 0 Å². The minimum atomic E-state index is -5.56. The third kappa shape index (κ3) is 16.3. The van der Waals surface area contributed by atoms with Gasteiger partial charge in [0.25, 0.3) is 0 Å². The summed E-state index contributed by atoms with van der Waals surface area (Å²) >= 11 is 1.03. The first kappa shape index (κ1) is 53.4. The number of thioether (sulfide) groups is 1. The van der Waals surface area contributed by atoms with E-state index in [-0.39, 0.29) is 98.2 Å². The van der Waals surface area contributed by atoms with Gasteiger partial charge in [-0.2, -0.15) is 4.31 Å². The summed E-state index contributed by atoms with van der Waals surface area (Å²) in [5.41, 5.74) is 4.26. The number of imidazole rings is 1. The van der Waals surface area contributed by atoms with Gasteiger partial charge in [0.05, 0.1) is 19.5 Å². The molecule has 0 saturated carbocycles. The van der Waals surface area contributed by atoms with Gasteiger partial charge in [-0.1, -0.05) is 25.6 Å². The first-order valence-electron chi connectivity index (χ1n) is 14.5. The Morgan fingerprint density at radius 1 is 1.04 bits per heavy atom. The summed E-state index contributed by atoms with van der Waals surface area (Å²) in [6, 6.07) is 0. The van der Waals surface area contributed by atoms with Crippen LogP contribution in [0, 0.1) is 5.41 Å². The number of ether oxygens (including phenoxy) is 1. The van der Waals surface area contributed by atoms with Crippen LogP contribution in [-0.4, -0.2) is 179 Å². The van der Waals surface area contributed by atoms with E-state index in [4.69, 9.17) is 19.5 Å². The van der Waals surface area contributed by atoms with Gasteiger partial charge in [0, 0.05) is 94.2 Å². The predicted molar refractivity (Wildman–Crippen MR) is 190 cm³/mol. The number of phosphoric ester groups is 3. The van der Waals surface area contributed by atoms with E-state index in [2.05, 4.69) is 34.4 Å². The Bertz CT molecular complexity index is 1730. The molecule has 3 radical (unpaired) electrons. The van der Waals surface area contributed by atoms with Gasteiger partial charge in [0.15, 0.2) is 22.8 Å². The van der Waals surface area contributed by atoms with Crippen molar-refractivity contribution < 1.29 is 80.5 Å². The number of aliphatic hydroxyl groups is 2. The van der Waals surface area contributed by atoms with Crippen LogP contribution < -0.4 is 16.4 Å². The predicted octanol–water partition coefficient (Wildman–Crippen LogP) is -2.46. The Morgan fingerprint density at radius 2 is 1.67 bits per heavy atom. The van der Waals surface area contributed by atoms with Gasteiger partial charge >= 0.3 is 23.5 Å². The zero-order chi connectivity index (χ0) is 38.4. The molecule has 10 N–H and O–H groups in total. The van der Waals surface area contributed by atoms with Crippen molar-refractivity contribution in [1.29, 1.82) is 0 Å². The van der Waals surface area contributed by atoms with Crippen molar-refractivity contribution in [3.63, 3.8) is 0 Å². The summed E-state index contributed by atoms with van der Waals surface area (Å²) in [5.74, 6) is -1.08. The number of aliphatic hydroxyl groups excluding tert-OH is 2. The number of phosphoric acid groups is 3. The van der Waals surface area contributed by atoms with Crippen LogP contribution >= 0.6 is 35.2 Å². The van der Waals surface area contributed by atoms with Gasteiger partial charge < -0.3 is 50.9 Å². The Labute approximate surface area is 348 Å². The number of amides is 2. The fraction of sp³-hybridized carbons (Fsp3) is 0.652. The molecule has 0 aromatic carbocycles. The molecule has 2 aromatic rings. The van der Waals surface area contributed by atoms with Crippen molar-refractivity contribution in [2.75, 3.05) is 37.8 Å². The van der Waals surface area contributed by atoms with Crippen molar-refractivity contribution in [2.45, 2.75) is 57.8 Å². The molecule has 31 heteroatoms. The van der Waals surface area contributed by atoms with E-state index in [9.17, 15) is 57.9 Å². The van der Waals surface area contributed by atoms with Gasteiger partial charge in [-0.15, -0.1) is 0 Å². The molecule has 1 fully saturated rings. The summed E-state index contributed by atoms with van der Waals surface area (Å²) in [6.45, 7) is 1.90. The van der Waals surface area contributed by atoms with Crippen LogP contribution in [0.4, 0.5) is 5.82 Å². The zero-order valence-electron chi connectivity index (χ0n) is 30.1. The molecule has 54 heavy (non-hydrogen) atoms. The largest absolute Gasteiger partial charge is 0.481 e. The van der Waals surface area contributed by atoms with Crippen LogP contribution in [-0.2, 0) is 50.7 Å². The minimum absolute atomic E-state index is 0. The maximum Gasteiger partial charge on any atom is 0.481 e. The Hall–Kier alpha value is -0.648. The number of nitrogen functional groups attached to an aromatic ring is 1. The number of fused-ring (bicyclic) bond motifs is 1. The van der Waals surface area contributed by atoms with E-state index in [0.717, 1.165) is 29.0 Å². The number of nitrogens with zero attached hydrogens (tertiary/aromatic N) is 4. The van der Waals surface area contributed by atoms with Gasteiger partial charge in [-0.3, -0.25) is 32.5 Å². The first-order chi connectivity index (χ1) is 23.5. The quantitative estimate of drug-likeness (QED) is 0.0403. The Kier molecular flexibility index (Phi) is 22.2. The Morgan fingerprint density at radius 3 is 2.28 bits per heavy atom. The Balaban J connectivity index is 0.00000936. The average Bonchev–Trinajstić information content (AvgIpc) is 3.57. The molecule has 2 unspecified atom stereocenters. The molecule has 7 atom stereocenters. The van der Waals surface area contributed by atoms with Crippen molar-refractivity contribution >= 4 is 126 Å². The number of rotatable bonds is 19. The van der Waals surface area contributed by atoms with Gasteiger partial charge in [0.2, 0.25) is 11.8 Å². The molecule has 0 spiro atoms. The molecule has 0 bridgehead atoms. The summed E-state index contributed by atoms with van der Waals surface area (Å²) in [4.78, 5) is 85.9. The van der Waals surface area contributed by atoms with Crippen LogP contribution in [0.5, 0.6) is 0 Å². The fourth-order valence-corrected chi connectivity index (χ4v) is 7.65. The van der Waals surface area contributed by atoms with E-state index in [1.807, 2.05) is 0 Å². The van der Waals surface area contributed by atoms with E-state index < -0.39 is 84.6 Å². The van der Waals surface area contributed by atoms with Crippen LogP contribution in [0.3, 0.4) is 0 Å². The number of hydrogen-bond donors (Lipinski definition) is 9. The molecular formula is C23H38Li3N7O17P3S. The smallest absolute Gasteiger partial charge is 0.386 e. The number of carbonyl (C=O) groups is 3. The standard InChI is InChI=1S/C23H38N7O17P3S.3Li/c1-12(31)51-7-6-25-14(32)4-5-26-21(35)18(34)23(2,3)9-44-50(41,42)47-49(39,40)43-8-13-17(46-48(36,37)38)16(33)22(45-13)30-11-29-15-19(24)27-10-28-20(15)30;;;/h10-11,13,16-18,22,33-34H,4-9H2,1-3H3,(H,25,32)(H,26,35)(H,39,40)(H,41,42)(H2,24,27,28)(H2,36,37,38);;;/t13-,16-,17-,18+,22-;;;/m1.../s1. The van der Waals surface area contributed by atoms with Gasteiger partial charge in [-0.25, -0.2) is 28.6 Å². The maximum atomic E-state index is 12.6. The second-order valence-electron chi connectivity index (χ2n) is 11.4. The molecule has 3 heterocycles. The van der Waals surface area contributed by atoms with Crippen LogP contribution in [0.25, 0.3) is 11.2 Å². The summed E-state index contributed by atoms with van der Waals surface area (Å²) in [7, 11) is -16.4. The number of nitrogens with two attached hydrogens (primary N) is 1. The SMILES string of the molecule is CC(=O)SCCNC(=O)CCNC(=O)[C@H](O)C(C)(C)COP(=O)(O)OP(=O)(O)OC[C@H]1O[C@@H](n2cnc3c(N)ncnc32)[C@H](O)[C@@H]1OP(=O)(O)O.[Li].[Li].[Li]. The van der Waals surface area contributed by atoms with Gasteiger partial charge in [0.1, 0.15) is 36.3 Å². The number of carbonyl (C=O) groups excluding carboxylic acids is 3. The van der Waals surface area contributed by atoms with Crippen molar-refractivity contribution in [3.05, 3.63) is 12.7 Å². The third-order valence-corrected chi connectivity index (χ3v) is 10.7. The maximum absolute atomic E-state index is 12.6. The molecule has 1 saturated heterocycles. The summed E-state index contributed by atoms with van der Waals surface area (Å²) in [6.07, 6.45) is -6.88. The number of hydrogen-bond acceptors (Lipinski definition) is 18. The fourth-order valence-electron chi connectivity index (χ4n) is 4.32. The zero-order valence-corrected chi connectivity index (χ0v) is 33.6. The van der Waals surface area contributed by atoms with Crippen molar-refractivity contribution in [1.82, 2.24) is 30.2 Å². The molecular weight excluding hydrogens is 792 g/mol. The van der Waals surface area contributed by atoms with E-state index in [1.165, 1.54) is 20.8 Å². The second kappa shape index (κ2) is 22.5. The van der Waals surface area contributed by atoms with Crippen LogP contribution in [0.1, 0.15) is 33.4 Å². The number of aromatic nitrogens is 4. The number of nitrogens with one attached hydrogen (secondary N) is 2. The monoisotopic (exact) mass is 830 g/mol. The molecule has 3 rings (SSSR count). The van der Waals surface area contributed by atoms with Crippen molar-refractivity contribution in [2.24, 2.45) is 5.41 Å². The molecule has 24 nitrogen and oxygen atoms in total. The average molecular weight is 830 g/mol. The molecule has 1 aliphatic heterocycles. The second-order valence-corrected chi connectivity index (χ2v) is 16.9. The number of anilines is 1. The normalized spacial score (nSPS) is 21.4. The first-order valence-corrected chi connectivity index (χ1v) is 20.0. The molecule has 2 amide bonds.